The molecule has 194 valence electrons. The smallest absolute Gasteiger partial charge is 0.255 e. The fourth-order valence-electron chi connectivity index (χ4n) is 4.25. The highest BCUT2D eigenvalue weighted by atomic mass is 35.5. The van der Waals surface area contributed by atoms with E-state index in [2.05, 4.69) is 20.7 Å². The van der Waals surface area contributed by atoms with E-state index in [1.165, 1.54) is 11.8 Å². The molecule has 0 fully saturated rings. The molecular weight excluding hydrogens is 522 g/mol. The molecule has 2 N–H and O–H groups in total. The summed E-state index contributed by atoms with van der Waals surface area (Å²) in [6.45, 7) is 2.28. The first-order chi connectivity index (χ1) is 18.5. The first-order valence-corrected chi connectivity index (χ1v) is 13.5. The molecule has 0 saturated carbocycles. The number of fused-ring (bicyclic) bond motifs is 1. The van der Waals surface area contributed by atoms with Gasteiger partial charge in [0.05, 0.1) is 18.4 Å². The molecule has 0 unspecified atom stereocenters. The summed E-state index contributed by atoms with van der Waals surface area (Å²) in [6, 6.07) is 22.0. The van der Waals surface area contributed by atoms with E-state index in [1.54, 1.807) is 23.9 Å². The third-order valence-electron chi connectivity index (χ3n) is 6.13. The van der Waals surface area contributed by atoms with Crippen LogP contribution in [0.2, 0.25) is 5.02 Å². The zero-order chi connectivity index (χ0) is 26.6. The lowest BCUT2D eigenvalue weighted by Crippen LogP contribution is -2.31. The summed E-state index contributed by atoms with van der Waals surface area (Å²) in [5, 5.41) is 12.2. The van der Waals surface area contributed by atoms with Gasteiger partial charge in [0, 0.05) is 10.7 Å². The molecule has 3 aromatic carbocycles. The number of methoxy groups -OCH3 is 1. The minimum Gasteiger partial charge on any atom is -0.495 e. The van der Waals surface area contributed by atoms with Gasteiger partial charge in [0.15, 0.2) is 0 Å². The van der Waals surface area contributed by atoms with Gasteiger partial charge in [-0.05, 0) is 60.7 Å². The van der Waals surface area contributed by atoms with E-state index in [-0.39, 0.29) is 5.91 Å². The number of thioether (sulfide) groups is 1. The Balaban J connectivity index is 1.45. The Morgan fingerprint density at radius 2 is 1.84 bits per heavy atom. The molecule has 0 spiro atoms. The van der Waals surface area contributed by atoms with Crippen LogP contribution in [-0.4, -0.2) is 34.0 Å². The predicted molar refractivity (Wildman–Crippen MR) is 150 cm³/mol. The van der Waals surface area contributed by atoms with Crippen molar-refractivity contribution >= 4 is 40.9 Å². The largest absolute Gasteiger partial charge is 0.495 e. The summed E-state index contributed by atoms with van der Waals surface area (Å²) in [5.74, 6) is 1.60. The molecule has 1 amide bonds. The minimum absolute atomic E-state index is 0.264. The van der Waals surface area contributed by atoms with Crippen LogP contribution in [0.3, 0.4) is 0 Å². The SMILES string of the molecule is COc1ccccc1NC(=O)C1=C(C)Nc2nc(SC)nn2[C@@H]1c1ccc(OCc2ccc(Cl)cc2)cc1. The van der Waals surface area contributed by atoms with Crippen LogP contribution in [-0.2, 0) is 11.4 Å². The van der Waals surface area contributed by atoms with Crippen LogP contribution in [0.5, 0.6) is 11.5 Å². The molecule has 1 aliphatic rings. The second-order valence-corrected chi connectivity index (χ2v) is 9.78. The fourth-order valence-corrected chi connectivity index (χ4v) is 4.72. The third kappa shape index (κ3) is 5.34. The van der Waals surface area contributed by atoms with Crippen LogP contribution in [0, 0.1) is 0 Å². The highest BCUT2D eigenvalue weighted by molar-refractivity contribution is 7.98. The zero-order valence-corrected chi connectivity index (χ0v) is 22.6. The number of carbonyl (C=O) groups is 1. The monoisotopic (exact) mass is 547 g/mol. The molecule has 0 aliphatic carbocycles. The van der Waals surface area contributed by atoms with E-state index < -0.39 is 6.04 Å². The predicted octanol–water partition coefficient (Wildman–Crippen LogP) is 6.17. The van der Waals surface area contributed by atoms with E-state index >= 15 is 0 Å². The number of carbonyl (C=O) groups excluding carboxylic acids is 1. The van der Waals surface area contributed by atoms with Gasteiger partial charge in [-0.3, -0.25) is 4.79 Å². The van der Waals surface area contributed by atoms with E-state index in [1.807, 2.05) is 73.8 Å². The second kappa shape index (κ2) is 11.2. The van der Waals surface area contributed by atoms with E-state index in [4.69, 9.17) is 21.1 Å². The van der Waals surface area contributed by atoms with E-state index in [9.17, 15) is 4.79 Å². The number of hydrogen-bond acceptors (Lipinski definition) is 7. The molecule has 0 saturated heterocycles. The van der Waals surface area contributed by atoms with Gasteiger partial charge >= 0.3 is 0 Å². The number of nitrogens with zero attached hydrogens (tertiary/aromatic N) is 3. The number of rotatable bonds is 8. The van der Waals surface area contributed by atoms with Gasteiger partial charge in [0.25, 0.3) is 5.91 Å². The summed E-state index contributed by atoms with van der Waals surface area (Å²) in [5.41, 5.74) is 3.68. The van der Waals surface area contributed by atoms with Crippen LogP contribution < -0.4 is 20.1 Å². The second-order valence-electron chi connectivity index (χ2n) is 8.57. The first-order valence-electron chi connectivity index (χ1n) is 11.9. The number of anilines is 2. The number of halogens is 1. The molecule has 0 bridgehead atoms. The standard InChI is InChI=1S/C28H26ClN5O3S/c1-17-24(26(35)31-22-6-4-5-7-23(22)36-2)25(34-27(30-17)32-28(33-34)38-3)19-10-14-21(15-11-19)37-16-18-8-12-20(29)13-9-18/h4-15,25H,16H2,1-3H3,(H,31,35)(H,30,32,33)/t25-/m1/s1. The molecular formula is C28H26ClN5O3S. The Labute approximate surface area is 230 Å². The quantitative estimate of drug-likeness (QED) is 0.255. The van der Waals surface area contributed by atoms with Crippen LogP contribution in [0.4, 0.5) is 11.6 Å². The number of benzene rings is 3. The number of allylic oxidation sites excluding steroid dienone is 1. The van der Waals surface area contributed by atoms with Crippen molar-refractivity contribution in [2.24, 2.45) is 0 Å². The molecule has 1 aromatic heterocycles. The number of ether oxygens (including phenoxy) is 2. The normalized spacial score (nSPS) is 14.5. The number of amides is 1. The van der Waals surface area contributed by atoms with Gasteiger partial charge in [-0.25, -0.2) is 4.68 Å². The Bertz CT molecular complexity index is 1490. The molecule has 4 aromatic rings. The van der Waals surface area contributed by atoms with Gasteiger partial charge in [-0.1, -0.05) is 59.8 Å². The maximum Gasteiger partial charge on any atom is 0.255 e. The average Bonchev–Trinajstić information content (AvgIpc) is 3.35. The molecule has 0 radical (unpaired) electrons. The van der Waals surface area contributed by atoms with Gasteiger partial charge in [-0.2, -0.15) is 4.98 Å². The van der Waals surface area contributed by atoms with Crippen molar-refractivity contribution in [2.45, 2.75) is 24.7 Å². The average molecular weight is 548 g/mol. The van der Waals surface area contributed by atoms with Gasteiger partial charge in [-0.15, -0.1) is 5.10 Å². The zero-order valence-electron chi connectivity index (χ0n) is 21.1. The Morgan fingerprint density at radius 1 is 1.11 bits per heavy atom. The van der Waals surface area contributed by atoms with Crippen LogP contribution >= 0.6 is 23.4 Å². The summed E-state index contributed by atoms with van der Waals surface area (Å²) in [7, 11) is 1.57. The maximum atomic E-state index is 13.7. The molecule has 38 heavy (non-hydrogen) atoms. The van der Waals surface area contributed by atoms with Crippen molar-refractivity contribution < 1.29 is 14.3 Å². The Hall–Kier alpha value is -3.95. The highest BCUT2D eigenvalue weighted by Gasteiger charge is 2.34. The summed E-state index contributed by atoms with van der Waals surface area (Å²) in [6.07, 6.45) is 1.92. The van der Waals surface area contributed by atoms with Crippen molar-refractivity contribution in [1.29, 1.82) is 0 Å². The summed E-state index contributed by atoms with van der Waals surface area (Å²) >= 11 is 7.41. The Morgan fingerprint density at radius 3 is 2.55 bits per heavy atom. The van der Waals surface area contributed by atoms with E-state index in [0.29, 0.717) is 51.2 Å². The molecule has 1 aliphatic heterocycles. The molecule has 8 nitrogen and oxygen atoms in total. The lowest BCUT2D eigenvalue weighted by atomic mass is 9.95. The third-order valence-corrected chi connectivity index (χ3v) is 6.92. The van der Waals surface area contributed by atoms with Crippen molar-refractivity contribution in [3.8, 4) is 11.5 Å². The number of hydrogen-bond donors (Lipinski definition) is 2. The van der Waals surface area contributed by atoms with Crippen LogP contribution in [0.15, 0.2) is 89.2 Å². The maximum absolute atomic E-state index is 13.7. The molecule has 5 rings (SSSR count). The van der Waals surface area contributed by atoms with Gasteiger partial charge in [0.2, 0.25) is 11.1 Å². The van der Waals surface area contributed by atoms with Gasteiger partial charge < -0.3 is 20.1 Å². The molecule has 1 atom stereocenters. The molecule has 10 heteroatoms. The number of para-hydroxylation sites is 2. The van der Waals surface area contributed by atoms with Crippen molar-refractivity contribution in [2.75, 3.05) is 24.0 Å². The summed E-state index contributed by atoms with van der Waals surface area (Å²) < 4.78 is 13.1. The van der Waals surface area contributed by atoms with Gasteiger partial charge in [0.1, 0.15) is 24.1 Å². The lowest BCUT2D eigenvalue weighted by Gasteiger charge is -2.29. The highest BCUT2D eigenvalue weighted by Crippen LogP contribution is 2.37. The first kappa shape index (κ1) is 25.7. The number of nitrogens with one attached hydrogen (secondary N) is 2. The fraction of sp³-hybridized carbons (Fsp3) is 0.179. The topological polar surface area (TPSA) is 90.3 Å². The van der Waals surface area contributed by atoms with Crippen molar-refractivity contribution in [3.05, 3.63) is 100 Å². The van der Waals surface area contributed by atoms with Crippen LogP contribution in [0.1, 0.15) is 24.1 Å². The number of aromatic nitrogens is 3. The Kier molecular flexibility index (Phi) is 7.57. The van der Waals surface area contributed by atoms with E-state index in [0.717, 1.165) is 11.1 Å². The summed E-state index contributed by atoms with van der Waals surface area (Å²) in [4.78, 5) is 18.3. The van der Waals surface area contributed by atoms with Crippen molar-refractivity contribution in [1.82, 2.24) is 14.8 Å². The molecule has 2 heterocycles. The van der Waals surface area contributed by atoms with Crippen LogP contribution in [0.25, 0.3) is 0 Å². The van der Waals surface area contributed by atoms with Crippen molar-refractivity contribution in [3.63, 3.8) is 0 Å². The minimum atomic E-state index is -0.500. The lowest BCUT2D eigenvalue weighted by molar-refractivity contribution is -0.113.